The van der Waals surface area contributed by atoms with Crippen LogP contribution in [0.3, 0.4) is 0 Å². The minimum absolute atomic E-state index is 0.634. The maximum Gasteiger partial charge on any atom is 0.191 e. The zero-order chi connectivity index (χ0) is 15.9. The van der Waals surface area contributed by atoms with Crippen LogP contribution in [0.4, 0.5) is 0 Å². The number of aryl methyl sites for hydroxylation is 1. The first-order valence-corrected chi connectivity index (χ1v) is 7.87. The molecule has 0 unspecified atom stereocenters. The Morgan fingerprint density at radius 2 is 2.04 bits per heavy atom. The SMILES string of the molecule is CN=C(NCCCn1ccc2ccccc21)NCc1ccco1. The lowest BCUT2D eigenvalue weighted by Gasteiger charge is -2.11. The number of para-hydroxylation sites is 1. The third-order valence-electron chi connectivity index (χ3n) is 3.78. The first-order chi connectivity index (χ1) is 11.4. The molecule has 0 aliphatic heterocycles. The van der Waals surface area contributed by atoms with Crippen molar-refractivity contribution in [3.63, 3.8) is 0 Å². The van der Waals surface area contributed by atoms with Gasteiger partial charge < -0.3 is 19.6 Å². The lowest BCUT2D eigenvalue weighted by molar-refractivity contribution is 0.501. The summed E-state index contributed by atoms with van der Waals surface area (Å²) < 4.78 is 7.58. The molecular formula is C18H22N4O. The Kier molecular flexibility index (Phi) is 4.99. The lowest BCUT2D eigenvalue weighted by atomic mass is 10.2. The van der Waals surface area contributed by atoms with Crippen molar-refractivity contribution in [3.8, 4) is 0 Å². The summed E-state index contributed by atoms with van der Waals surface area (Å²) in [5.41, 5.74) is 1.29. The van der Waals surface area contributed by atoms with Crippen molar-refractivity contribution in [2.45, 2.75) is 19.5 Å². The number of guanidine groups is 1. The van der Waals surface area contributed by atoms with E-state index in [2.05, 4.69) is 56.7 Å². The third kappa shape index (κ3) is 3.94. The van der Waals surface area contributed by atoms with E-state index in [9.17, 15) is 0 Å². The summed E-state index contributed by atoms with van der Waals surface area (Å²) in [7, 11) is 1.77. The van der Waals surface area contributed by atoms with Crippen molar-refractivity contribution in [1.29, 1.82) is 0 Å². The Morgan fingerprint density at radius 1 is 1.13 bits per heavy atom. The van der Waals surface area contributed by atoms with Gasteiger partial charge in [-0.15, -0.1) is 0 Å². The molecule has 2 heterocycles. The molecule has 0 atom stereocenters. The van der Waals surface area contributed by atoms with Gasteiger partial charge in [-0.05, 0) is 36.1 Å². The van der Waals surface area contributed by atoms with Crippen LogP contribution in [-0.4, -0.2) is 24.1 Å². The number of nitrogens with one attached hydrogen (secondary N) is 2. The number of aromatic nitrogens is 1. The highest BCUT2D eigenvalue weighted by atomic mass is 16.3. The molecule has 0 radical (unpaired) electrons. The van der Waals surface area contributed by atoms with Crippen molar-refractivity contribution in [2.75, 3.05) is 13.6 Å². The number of fused-ring (bicyclic) bond motifs is 1. The van der Waals surface area contributed by atoms with E-state index in [0.717, 1.165) is 31.2 Å². The minimum Gasteiger partial charge on any atom is -0.467 e. The second-order valence-electron chi connectivity index (χ2n) is 5.35. The topological polar surface area (TPSA) is 54.5 Å². The molecule has 0 saturated carbocycles. The molecule has 3 aromatic rings. The van der Waals surface area contributed by atoms with Crippen LogP contribution in [0.25, 0.3) is 10.9 Å². The molecule has 5 nitrogen and oxygen atoms in total. The summed E-state index contributed by atoms with van der Waals surface area (Å²) in [6, 6.07) is 14.4. The summed E-state index contributed by atoms with van der Waals surface area (Å²) in [6.45, 7) is 2.48. The fraction of sp³-hybridized carbons (Fsp3) is 0.278. The molecule has 3 rings (SSSR count). The Balaban J connectivity index is 1.43. The summed E-state index contributed by atoms with van der Waals surface area (Å²) in [5, 5.41) is 7.85. The van der Waals surface area contributed by atoms with Crippen LogP contribution < -0.4 is 10.6 Å². The van der Waals surface area contributed by atoms with Crippen molar-refractivity contribution < 1.29 is 4.42 Å². The zero-order valence-electron chi connectivity index (χ0n) is 13.3. The van der Waals surface area contributed by atoms with Crippen LogP contribution >= 0.6 is 0 Å². The van der Waals surface area contributed by atoms with Crippen LogP contribution in [0.15, 0.2) is 64.3 Å². The lowest BCUT2D eigenvalue weighted by Crippen LogP contribution is -2.37. The molecular weight excluding hydrogens is 288 g/mol. The normalized spacial score (nSPS) is 11.8. The average Bonchev–Trinajstić information content (AvgIpc) is 3.24. The number of rotatable bonds is 6. The summed E-state index contributed by atoms with van der Waals surface area (Å²) >= 11 is 0. The van der Waals surface area contributed by atoms with Gasteiger partial charge in [0, 0.05) is 31.9 Å². The summed E-state index contributed by atoms with van der Waals surface area (Å²) in [6.07, 6.45) is 4.85. The van der Waals surface area contributed by atoms with Gasteiger partial charge in [0.25, 0.3) is 0 Å². The second kappa shape index (κ2) is 7.54. The van der Waals surface area contributed by atoms with Gasteiger partial charge in [0.05, 0.1) is 12.8 Å². The number of hydrogen-bond acceptors (Lipinski definition) is 2. The van der Waals surface area contributed by atoms with Crippen LogP contribution in [0, 0.1) is 0 Å². The standard InChI is InChI=1S/C18H22N4O/c1-19-18(21-14-16-7-4-13-23-16)20-10-5-11-22-12-9-15-6-2-3-8-17(15)22/h2-4,6-9,12-13H,5,10-11,14H2,1H3,(H2,19,20,21). The van der Waals surface area contributed by atoms with Gasteiger partial charge in [-0.1, -0.05) is 18.2 Å². The van der Waals surface area contributed by atoms with E-state index in [1.807, 2.05) is 12.1 Å². The fourth-order valence-corrected chi connectivity index (χ4v) is 2.60. The van der Waals surface area contributed by atoms with Crippen LogP contribution in [0.1, 0.15) is 12.2 Å². The predicted octanol–water partition coefficient (Wildman–Crippen LogP) is 2.99. The van der Waals surface area contributed by atoms with Gasteiger partial charge in [-0.2, -0.15) is 0 Å². The number of hydrogen-bond donors (Lipinski definition) is 2. The van der Waals surface area contributed by atoms with Crippen molar-refractivity contribution in [2.24, 2.45) is 4.99 Å². The molecule has 2 N–H and O–H groups in total. The zero-order valence-corrected chi connectivity index (χ0v) is 13.3. The number of furan rings is 1. The third-order valence-corrected chi connectivity index (χ3v) is 3.78. The highest BCUT2D eigenvalue weighted by molar-refractivity contribution is 5.80. The van der Waals surface area contributed by atoms with E-state index in [1.165, 1.54) is 10.9 Å². The van der Waals surface area contributed by atoms with Crippen LogP contribution in [0.2, 0.25) is 0 Å². The predicted molar refractivity (Wildman–Crippen MR) is 93.5 cm³/mol. The van der Waals surface area contributed by atoms with Crippen LogP contribution in [-0.2, 0) is 13.1 Å². The Hall–Kier alpha value is -2.69. The minimum atomic E-state index is 0.634. The van der Waals surface area contributed by atoms with E-state index in [1.54, 1.807) is 13.3 Å². The van der Waals surface area contributed by atoms with Crippen LogP contribution in [0.5, 0.6) is 0 Å². The molecule has 0 bridgehead atoms. The molecule has 0 aliphatic carbocycles. The molecule has 5 heteroatoms. The fourth-order valence-electron chi connectivity index (χ4n) is 2.60. The maximum absolute atomic E-state index is 5.30. The van der Waals surface area contributed by atoms with Gasteiger partial charge in [0.15, 0.2) is 5.96 Å². The Labute approximate surface area is 136 Å². The molecule has 0 aliphatic rings. The van der Waals surface area contributed by atoms with Crippen molar-refractivity contribution >= 4 is 16.9 Å². The molecule has 0 saturated heterocycles. The molecule has 2 aromatic heterocycles. The first-order valence-electron chi connectivity index (χ1n) is 7.87. The van der Waals surface area contributed by atoms with E-state index in [4.69, 9.17) is 4.42 Å². The number of nitrogens with zero attached hydrogens (tertiary/aromatic N) is 2. The molecule has 0 amide bonds. The highest BCUT2D eigenvalue weighted by Gasteiger charge is 2.01. The van der Waals surface area contributed by atoms with Crippen molar-refractivity contribution in [1.82, 2.24) is 15.2 Å². The summed E-state index contributed by atoms with van der Waals surface area (Å²) in [5.74, 6) is 1.69. The summed E-state index contributed by atoms with van der Waals surface area (Å²) in [4.78, 5) is 4.22. The highest BCUT2D eigenvalue weighted by Crippen LogP contribution is 2.15. The Morgan fingerprint density at radius 3 is 2.87 bits per heavy atom. The van der Waals surface area contributed by atoms with Gasteiger partial charge >= 0.3 is 0 Å². The van der Waals surface area contributed by atoms with E-state index in [0.29, 0.717) is 6.54 Å². The monoisotopic (exact) mass is 310 g/mol. The quantitative estimate of drug-likeness (QED) is 0.418. The second-order valence-corrected chi connectivity index (χ2v) is 5.35. The largest absolute Gasteiger partial charge is 0.467 e. The smallest absolute Gasteiger partial charge is 0.191 e. The van der Waals surface area contributed by atoms with Gasteiger partial charge in [-0.25, -0.2) is 0 Å². The van der Waals surface area contributed by atoms with Gasteiger partial charge in [0.1, 0.15) is 5.76 Å². The average molecular weight is 310 g/mol. The van der Waals surface area contributed by atoms with Gasteiger partial charge in [-0.3, -0.25) is 4.99 Å². The van der Waals surface area contributed by atoms with E-state index < -0.39 is 0 Å². The molecule has 0 fully saturated rings. The van der Waals surface area contributed by atoms with E-state index >= 15 is 0 Å². The molecule has 120 valence electrons. The molecule has 23 heavy (non-hydrogen) atoms. The number of aliphatic imine (C=N–C) groups is 1. The first kappa shape index (κ1) is 15.2. The maximum atomic E-state index is 5.30. The number of benzene rings is 1. The Bertz CT molecular complexity index is 758. The van der Waals surface area contributed by atoms with Gasteiger partial charge in [0.2, 0.25) is 0 Å². The van der Waals surface area contributed by atoms with E-state index in [-0.39, 0.29) is 0 Å². The molecule has 0 spiro atoms. The van der Waals surface area contributed by atoms with Crippen molar-refractivity contribution in [3.05, 3.63) is 60.7 Å². The molecule has 1 aromatic carbocycles.